The molecule has 14 nitrogen and oxygen atoms in total. The van der Waals surface area contributed by atoms with E-state index in [1.807, 2.05) is 0 Å². The van der Waals surface area contributed by atoms with Gasteiger partial charge in [0.05, 0.1) is 12.1 Å². The first-order valence-corrected chi connectivity index (χ1v) is 15.6. The summed E-state index contributed by atoms with van der Waals surface area (Å²) in [7, 11) is 0. The predicted molar refractivity (Wildman–Crippen MR) is 180 cm³/mol. The number of carbonyl (C=O) groups is 5. The van der Waals surface area contributed by atoms with Crippen molar-refractivity contribution in [3.8, 4) is 0 Å². The molecule has 0 fully saturated rings. The highest BCUT2D eigenvalue weighted by Crippen LogP contribution is 2.24. The average Bonchev–Trinajstić information content (AvgIpc) is 3.35. The van der Waals surface area contributed by atoms with E-state index in [0.29, 0.717) is 27.7 Å². The van der Waals surface area contributed by atoms with Crippen LogP contribution in [0.15, 0.2) is 54.7 Å². The maximum absolute atomic E-state index is 13.9. The largest absolute Gasteiger partial charge is 0.444 e. The third-order valence-electron chi connectivity index (χ3n) is 6.82. The van der Waals surface area contributed by atoms with Gasteiger partial charge in [0.25, 0.3) is 0 Å². The second-order valence-corrected chi connectivity index (χ2v) is 13.3. The summed E-state index contributed by atoms with van der Waals surface area (Å²) in [6, 6.07) is 10.6. The number of fused-ring (bicyclic) bond motifs is 1. The van der Waals surface area contributed by atoms with Gasteiger partial charge in [0.2, 0.25) is 11.8 Å². The molecule has 7 N–H and O–H groups in total. The van der Waals surface area contributed by atoms with Crippen molar-refractivity contribution in [2.75, 3.05) is 11.9 Å². The number of anilines is 1. The molecule has 14 heteroatoms. The smallest absolute Gasteiger partial charge is 0.419 e. The molecule has 0 spiro atoms. The molecular formula is C34H46N6O8. The summed E-state index contributed by atoms with van der Waals surface area (Å²) >= 11 is 0. The Morgan fingerprint density at radius 3 is 2.10 bits per heavy atom. The first-order chi connectivity index (χ1) is 22.5. The zero-order chi connectivity index (χ0) is 35.6. The van der Waals surface area contributed by atoms with Crippen LogP contribution in [0.3, 0.4) is 0 Å². The Hall–Kier alpha value is -5.11. The average molecular weight is 667 g/mol. The molecule has 0 saturated heterocycles. The number of aromatic nitrogens is 1. The van der Waals surface area contributed by atoms with Crippen molar-refractivity contribution in [3.63, 3.8) is 0 Å². The number of aliphatic hydroxyl groups is 1. The summed E-state index contributed by atoms with van der Waals surface area (Å²) in [5.41, 5.74) is 5.74. The SMILES string of the molecule is CC(C)(C)OC(=O)N[C@H](Cc1cn(C(=O)OC(C)(C)C)c2ccccc12)C(=O)N[C@@H](CCCNC(N)=O)C(=O)Nc1ccc(CO)cc1. The molecule has 0 aliphatic heterocycles. The van der Waals surface area contributed by atoms with Crippen LogP contribution >= 0.6 is 0 Å². The Morgan fingerprint density at radius 2 is 1.50 bits per heavy atom. The number of rotatable bonds is 12. The second-order valence-electron chi connectivity index (χ2n) is 13.3. The van der Waals surface area contributed by atoms with Crippen molar-refractivity contribution in [2.24, 2.45) is 5.73 Å². The normalized spacial score (nSPS) is 12.8. The van der Waals surface area contributed by atoms with E-state index in [4.69, 9.17) is 15.2 Å². The van der Waals surface area contributed by atoms with Crippen molar-refractivity contribution in [1.82, 2.24) is 20.5 Å². The summed E-state index contributed by atoms with van der Waals surface area (Å²) in [4.78, 5) is 64.6. The minimum absolute atomic E-state index is 0.0679. The molecule has 0 radical (unpaired) electrons. The highest BCUT2D eigenvalue weighted by molar-refractivity contribution is 5.99. The third-order valence-corrected chi connectivity index (χ3v) is 6.82. The molecule has 0 aliphatic carbocycles. The van der Waals surface area contributed by atoms with Gasteiger partial charge < -0.3 is 41.6 Å². The number of alkyl carbamates (subject to hydrolysis) is 1. The first-order valence-electron chi connectivity index (χ1n) is 15.6. The quantitative estimate of drug-likeness (QED) is 0.156. The lowest BCUT2D eigenvalue weighted by Crippen LogP contribution is -2.54. The number of carbonyl (C=O) groups excluding carboxylic acids is 5. The van der Waals surface area contributed by atoms with Gasteiger partial charge in [-0.25, -0.2) is 14.4 Å². The molecule has 0 unspecified atom stereocenters. The summed E-state index contributed by atoms with van der Waals surface area (Å²) in [5, 5.41) is 20.6. The van der Waals surface area contributed by atoms with Crippen molar-refractivity contribution in [2.45, 2.75) is 90.7 Å². The van der Waals surface area contributed by atoms with E-state index in [1.165, 1.54) is 4.57 Å². The molecule has 5 amide bonds. The summed E-state index contributed by atoms with van der Waals surface area (Å²) in [6.07, 6.45) is 0.434. The molecule has 0 bridgehead atoms. The van der Waals surface area contributed by atoms with Gasteiger partial charge >= 0.3 is 18.2 Å². The van der Waals surface area contributed by atoms with E-state index >= 15 is 0 Å². The number of nitrogens with two attached hydrogens (primary N) is 1. The number of aliphatic hydroxyl groups excluding tert-OH is 1. The fourth-order valence-electron chi connectivity index (χ4n) is 4.74. The van der Waals surface area contributed by atoms with E-state index in [0.717, 1.165) is 0 Å². The van der Waals surface area contributed by atoms with Crippen LogP contribution in [0.25, 0.3) is 10.9 Å². The first kappa shape index (κ1) is 37.3. The lowest BCUT2D eigenvalue weighted by Gasteiger charge is -2.25. The molecule has 1 heterocycles. The van der Waals surface area contributed by atoms with E-state index < -0.39 is 53.3 Å². The fraction of sp³-hybridized carbons (Fsp3) is 0.441. The van der Waals surface area contributed by atoms with Gasteiger partial charge in [0, 0.05) is 30.2 Å². The Morgan fingerprint density at radius 1 is 0.854 bits per heavy atom. The molecular weight excluding hydrogens is 620 g/mol. The third kappa shape index (κ3) is 11.6. The Kier molecular flexibility index (Phi) is 12.6. The van der Waals surface area contributed by atoms with Crippen LogP contribution in [0.2, 0.25) is 0 Å². The number of hydrogen-bond acceptors (Lipinski definition) is 8. The molecule has 2 aromatic carbocycles. The molecule has 0 aliphatic rings. The lowest BCUT2D eigenvalue weighted by atomic mass is 10.0. The van der Waals surface area contributed by atoms with E-state index in [-0.39, 0.29) is 32.4 Å². The van der Waals surface area contributed by atoms with E-state index in [9.17, 15) is 29.1 Å². The highest BCUT2D eigenvalue weighted by atomic mass is 16.6. The van der Waals surface area contributed by atoms with Crippen molar-refractivity contribution in [3.05, 3.63) is 65.9 Å². The number of hydrogen-bond donors (Lipinski definition) is 6. The molecule has 2 atom stereocenters. The number of nitrogens with zero attached hydrogens (tertiary/aromatic N) is 1. The van der Waals surface area contributed by atoms with Crippen molar-refractivity contribution in [1.29, 1.82) is 0 Å². The van der Waals surface area contributed by atoms with Crippen molar-refractivity contribution < 1.29 is 38.6 Å². The number of urea groups is 1. The van der Waals surface area contributed by atoms with Gasteiger partial charge in [0.15, 0.2) is 0 Å². The van der Waals surface area contributed by atoms with Crippen LogP contribution in [-0.2, 0) is 32.1 Å². The van der Waals surface area contributed by atoms with Crippen LogP contribution in [0.4, 0.5) is 20.1 Å². The van der Waals surface area contributed by atoms with E-state index in [1.54, 1.807) is 96.3 Å². The Bertz CT molecular complexity index is 1600. The molecule has 1 aromatic heterocycles. The van der Waals surface area contributed by atoms with Gasteiger partial charge in [0.1, 0.15) is 23.3 Å². The number of ether oxygens (including phenoxy) is 2. The van der Waals surface area contributed by atoms with Crippen LogP contribution in [0.1, 0.15) is 65.5 Å². The Balaban J connectivity index is 1.93. The maximum atomic E-state index is 13.9. The maximum Gasteiger partial charge on any atom is 0.419 e. The minimum atomic E-state index is -1.24. The zero-order valence-corrected chi connectivity index (χ0v) is 28.2. The van der Waals surface area contributed by atoms with Crippen molar-refractivity contribution >= 4 is 46.6 Å². The van der Waals surface area contributed by atoms with Gasteiger partial charge in [-0.2, -0.15) is 0 Å². The lowest BCUT2D eigenvalue weighted by molar-refractivity contribution is -0.128. The van der Waals surface area contributed by atoms with Gasteiger partial charge in [-0.1, -0.05) is 30.3 Å². The fourth-order valence-corrected chi connectivity index (χ4v) is 4.74. The number of primary amides is 1. The molecule has 48 heavy (non-hydrogen) atoms. The number of amides is 5. The number of para-hydroxylation sites is 1. The van der Waals surface area contributed by atoms with Crippen LogP contribution < -0.4 is 27.0 Å². The summed E-state index contributed by atoms with van der Waals surface area (Å²) in [5.74, 6) is -1.23. The summed E-state index contributed by atoms with van der Waals surface area (Å²) in [6.45, 7) is 10.3. The Labute approximate surface area is 279 Å². The van der Waals surface area contributed by atoms with Crippen LogP contribution in [-0.4, -0.2) is 69.5 Å². The molecule has 260 valence electrons. The van der Waals surface area contributed by atoms with E-state index in [2.05, 4.69) is 21.3 Å². The zero-order valence-electron chi connectivity index (χ0n) is 28.2. The standard InChI is InChI=1S/C34H46N6O8/c1-33(2,3)47-31(45)39-26(18-22-19-40(32(46)48-34(4,5)6)27-12-8-7-10-24(22)27)29(43)38-25(11-9-17-36-30(35)44)28(42)37-23-15-13-21(20-41)14-16-23/h7-8,10,12-16,19,25-26,41H,9,11,17-18,20H2,1-6H3,(H,37,42)(H,38,43)(H,39,45)(H3,35,36,44)/t25-,26+/m0/s1. The summed E-state index contributed by atoms with van der Waals surface area (Å²) < 4.78 is 12.4. The minimum Gasteiger partial charge on any atom is -0.444 e. The van der Waals surface area contributed by atoms with Crippen LogP contribution in [0.5, 0.6) is 0 Å². The second kappa shape index (κ2) is 16.1. The molecule has 0 saturated carbocycles. The molecule has 3 rings (SSSR count). The predicted octanol–water partition coefficient (Wildman–Crippen LogP) is 3.92. The van der Waals surface area contributed by atoms with Gasteiger partial charge in [-0.05, 0) is 83.7 Å². The van der Waals surface area contributed by atoms with Crippen LogP contribution in [0, 0.1) is 0 Å². The molecule has 3 aromatic rings. The highest BCUT2D eigenvalue weighted by Gasteiger charge is 2.30. The van der Waals surface area contributed by atoms with Gasteiger partial charge in [-0.3, -0.25) is 14.2 Å². The number of benzene rings is 2. The topological polar surface area (TPSA) is 203 Å². The number of nitrogens with one attached hydrogen (secondary N) is 4. The van der Waals surface area contributed by atoms with Gasteiger partial charge in [-0.15, -0.1) is 0 Å². The monoisotopic (exact) mass is 666 g/mol.